The molecule has 0 saturated carbocycles. The quantitative estimate of drug-likeness (QED) is 0.398. The Kier molecular flexibility index (Phi) is 7.52. The standard InChI is InChI=1S/C15H24F3N3O5S/c1-14(2,3)25-13(22)19-9-7-5-6-8-11-10-12(21(4)20-11)26-27(23,24)15(16,17)18/h10H,5-9H2,1-4H3,(H,19,22). The van der Waals surface area contributed by atoms with Crippen LogP contribution in [0.25, 0.3) is 0 Å². The molecule has 1 amide bonds. The lowest BCUT2D eigenvalue weighted by molar-refractivity contribution is -0.0502. The number of ether oxygens (including phenoxy) is 1. The van der Waals surface area contributed by atoms with Crippen LogP contribution in [-0.4, -0.2) is 41.9 Å². The molecule has 0 saturated heterocycles. The molecular weight excluding hydrogens is 391 g/mol. The Labute approximate surface area is 156 Å². The van der Waals surface area contributed by atoms with E-state index in [1.807, 2.05) is 0 Å². The molecule has 27 heavy (non-hydrogen) atoms. The summed E-state index contributed by atoms with van der Waals surface area (Å²) in [5.74, 6) is -0.506. The molecule has 0 atom stereocenters. The van der Waals surface area contributed by atoms with Crippen LogP contribution in [0.15, 0.2) is 6.07 Å². The predicted molar refractivity (Wildman–Crippen MR) is 90.6 cm³/mol. The first-order valence-corrected chi connectivity index (χ1v) is 9.62. The zero-order valence-corrected chi connectivity index (χ0v) is 16.4. The first kappa shape index (κ1) is 23.1. The van der Waals surface area contributed by atoms with E-state index < -0.39 is 33.2 Å². The van der Waals surface area contributed by atoms with Crippen LogP contribution in [0.1, 0.15) is 45.7 Å². The number of nitrogens with one attached hydrogen (secondary N) is 1. The summed E-state index contributed by atoms with van der Waals surface area (Å²) in [6.07, 6.45) is 1.98. The first-order valence-electron chi connectivity index (χ1n) is 8.22. The summed E-state index contributed by atoms with van der Waals surface area (Å²) in [6, 6.07) is 1.15. The van der Waals surface area contributed by atoms with Gasteiger partial charge in [0.05, 0.1) is 5.69 Å². The van der Waals surface area contributed by atoms with Crippen molar-refractivity contribution >= 4 is 16.2 Å². The van der Waals surface area contributed by atoms with E-state index in [1.165, 1.54) is 7.05 Å². The highest BCUT2D eigenvalue weighted by molar-refractivity contribution is 7.87. The van der Waals surface area contributed by atoms with Gasteiger partial charge in [0, 0.05) is 19.7 Å². The van der Waals surface area contributed by atoms with Gasteiger partial charge in [-0.05, 0) is 40.0 Å². The Bertz CT molecular complexity index is 739. The summed E-state index contributed by atoms with van der Waals surface area (Å²) >= 11 is 0. The Morgan fingerprint density at radius 3 is 2.41 bits per heavy atom. The van der Waals surface area contributed by atoms with Gasteiger partial charge in [-0.25, -0.2) is 9.48 Å². The van der Waals surface area contributed by atoms with E-state index in [-0.39, 0.29) is 0 Å². The van der Waals surface area contributed by atoms with E-state index in [2.05, 4.69) is 14.6 Å². The molecule has 0 bridgehead atoms. The minimum atomic E-state index is -5.73. The van der Waals surface area contributed by atoms with Gasteiger partial charge in [0.25, 0.3) is 0 Å². The van der Waals surface area contributed by atoms with Crippen LogP contribution in [-0.2, 0) is 28.3 Å². The second-order valence-corrected chi connectivity index (χ2v) is 8.36. The normalized spacial score (nSPS) is 12.7. The summed E-state index contributed by atoms with van der Waals surface area (Å²) in [5, 5.41) is 6.55. The third-order valence-electron chi connectivity index (χ3n) is 3.14. The summed E-state index contributed by atoms with van der Waals surface area (Å²) in [7, 11) is -4.44. The van der Waals surface area contributed by atoms with Crippen molar-refractivity contribution in [2.45, 2.75) is 57.6 Å². The molecule has 12 heteroatoms. The van der Waals surface area contributed by atoms with Crippen molar-refractivity contribution in [3.05, 3.63) is 11.8 Å². The van der Waals surface area contributed by atoms with Crippen molar-refractivity contribution in [1.29, 1.82) is 0 Å². The number of carbonyl (C=O) groups excluding carboxylic acids is 1. The fourth-order valence-corrected chi connectivity index (χ4v) is 2.45. The van der Waals surface area contributed by atoms with Crippen LogP contribution in [0.4, 0.5) is 18.0 Å². The number of unbranched alkanes of at least 4 members (excludes halogenated alkanes) is 2. The number of hydrogen-bond acceptors (Lipinski definition) is 6. The fraction of sp³-hybridized carbons (Fsp3) is 0.733. The van der Waals surface area contributed by atoms with Crippen LogP contribution in [0.3, 0.4) is 0 Å². The number of amides is 1. The van der Waals surface area contributed by atoms with Gasteiger partial charge in [0.1, 0.15) is 5.60 Å². The average molecular weight is 415 g/mol. The Morgan fingerprint density at radius 2 is 1.85 bits per heavy atom. The van der Waals surface area contributed by atoms with Crippen LogP contribution in [0.2, 0.25) is 0 Å². The largest absolute Gasteiger partial charge is 0.534 e. The van der Waals surface area contributed by atoms with Crippen LogP contribution < -0.4 is 9.50 Å². The molecule has 1 N–H and O–H groups in total. The summed E-state index contributed by atoms with van der Waals surface area (Å²) in [4.78, 5) is 11.4. The topological polar surface area (TPSA) is 99.5 Å². The van der Waals surface area contributed by atoms with E-state index >= 15 is 0 Å². The van der Waals surface area contributed by atoms with Crippen molar-refractivity contribution in [3.8, 4) is 5.88 Å². The van der Waals surface area contributed by atoms with Gasteiger partial charge in [0.2, 0.25) is 5.88 Å². The van der Waals surface area contributed by atoms with E-state index in [9.17, 15) is 26.4 Å². The Balaban J connectivity index is 2.38. The van der Waals surface area contributed by atoms with Gasteiger partial charge in [-0.3, -0.25) is 0 Å². The van der Waals surface area contributed by atoms with Crippen molar-refractivity contribution in [2.24, 2.45) is 7.05 Å². The molecule has 0 aromatic carbocycles. The number of nitrogens with zero attached hydrogens (tertiary/aromatic N) is 2. The maximum absolute atomic E-state index is 12.3. The zero-order valence-electron chi connectivity index (χ0n) is 15.6. The van der Waals surface area contributed by atoms with Crippen molar-refractivity contribution in [3.63, 3.8) is 0 Å². The van der Waals surface area contributed by atoms with Crippen LogP contribution in [0.5, 0.6) is 5.88 Å². The lowest BCUT2D eigenvalue weighted by atomic mass is 10.1. The Morgan fingerprint density at radius 1 is 1.22 bits per heavy atom. The molecule has 1 rings (SSSR count). The summed E-state index contributed by atoms with van der Waals surface area (Å²) in [6.45, 7) is 5.71. The maximum atomic E-state index is 12.3. The van der Waals surface area contributed by atoms with E-state index in [1.54, 1.807) is 20.8 Å². The lowest BCUT2D eigenvalue weighted by Crippen LogP contribution is -2.32. The molecular formula is C15H24F3N3O5S. The molecule has 0 unspecified atom stereocenters. The molecule has 1 heterocycles. The molecule has 1 aromatic heterocycles. The number of carbonyl (C=O) groups is 1. The fourth-order valence-electron chi connectivity index (χ4n) is 1.98. The number of hydrogen-bond donors (Lipinski definition) is 1. The smallest absolute Gasteiger partial charge is 0.444 e. The molecule has 8 nitrogen and oxygen atoms in total. The summed E-state index contributed by atoms with van der Waals surface area (Å²) in [5.41, 5.74) is -5.66. The zero-order chi connectivity index (χ0) is 20.9. The van der Waals surface area contributed by atoms with Gasteiger partial charge in [-0.1, -0.05) is 6.42 Å². The number of aryl methyl sites for hydroxylation is 2. The number of alkyl halides is 3. The van der Waals surface area contributed by atoms with Crippen molar-refractivity contribution in [1.82, 2.24) is 15.1 Å². The third-order valence-corrected chi connectivity index (χ3v) is 4.10. The van der Waals surface area contributed by atoms with Gasteiger partial charge >= 0.3 is 21.7 Å². The molecule has 0 fully saturated rings. The van der Waals surface area contributed by atoms with Gasteiger partial charge in [-0.2, -0.15) is 26.7 Å². The van der Waals surface area contributed by atoms with Gasteiger partial charge < -0.3 is 14.2 Å². The van der Waals surface area contributed by atoms with Crippen molar-refractivity contribution in [2.75, 3.05) is 6.54 Å². The second-order valence-electron chi connectivity index (χ2n) is 6.82. The van der Waals surface area contributed by atoms with Crippen LogP contribution >= 0.6 is 0 Å². The highest BCUT2D eigenvalue weighted by Gasteiger charge is 2.49. The summed E-state index contributed by atoms with van der Waals surface area (Å²) < 4.78 is 69.2. The highest BCUT2D eigenvalue weighted by Crippen LogP contribution is 2.27. The van der Waals surface area contributed by atoms with Crippen molar-refractivity contribution < 1.29 is 35.3 Å². The maximum Gasteiger partial charge on any atom is 0.534 e. The molecule has 0 aliphatic heterocycles. The van der Waals surface area contributed by atoms with Gasteiger partial charge in [-0.15, -0.1) is 0 Å². The predicted octanol–water partition coefficient (Wildman–Crippen LogP) is 2.89. The van der Waals surface area contributed by atoms with Gasteiger partial charge in [0.15, 0.2) is 0 Å². The van der Waals surface area contributed by atoms with E-state index in [0.717, 1.165) is 17.2 Å². The molecule has 156 valence electrons. The second kappa shape index (κ2) is 8.81. The average Bonchev–Trinajstić information content (AvgIpc) is 2.79. The lowest BCUT2D eigenvalue weighted by Gasteiger charge is -2.19. The molecule has 0 radical (unpaired) electrons. The monoisotopic (exact) mass is 415 g/mol. The SMILES string of the molecule is Cn1nc(CCCCCNC(=O)OC(C)(C)C)cc1OS(=O)(=O)C(F)(F)F. The molecule has 0 spiro atoms. The molecule has 1 aromatic rings. The molecule has 0 aliphatic rings. The van der Waals surface area contributed by atoms with E-state index in [4.69, 9.17) is 4.74 Å². The number of rotatable bonds is 8. The van der Waals surface area contributed by atoms with Crippen LogP contribution in [0, 0.1) is 0 Å². The number of halogens is 3. The highest BCUT2D eigenvalue weighted by atomic mass is 32.2. The molecule has 0 aliphatic carbocycles. The number of alkyl carbamates (subject to hydrolysis) is 1. The van der Waals surface area contributed by atoms with E-state index in [0.29, 0.717) is 31.5 Å². The number of aromatic nitrogens is 2. The minimum absolute atomic E-state index is 0.407. The first-order chi connectivity index (χ1) is 12.2. The third kappa shape index (κ3) is 8.06. The minimum Gasteiger partial charge on any atom is -0.444 e. The Hall–Kier alpha value is -1.98.